The highest BCUT2D eigenvalue weighted by atomic mass is 19.4. The van der Waals surface area contributed by atoms with Gasteiger partial charge in [0.25, 0.3) is 0 Å². The van der Waals surface area contributed by atoms with Gasteiger partial charge in [-0.05, 0) is 25.1 Å². The maximum atomic E-state index is 13.0. The van der Waals surface area contributed by atoms with Crippen molar-refractivity contribution in [3.8, 4) is 11.3 Å². The van der Waals surface area contributed by atoms with E-state index in [4.69, 9.17) is 0 Å². The van der Waals surface area contributed by atoms with Crippen molar-refractivity contribution in [1.82, 2.24) is 9.97 Å². The van der Waals surface area contributed by atoms with E-state index in [-0.39, 0.29) is 17.6 Å². The lowest BCUT2D eigenvalue weighted by Gasteiger charge is -2.15. The second-order valence-corrected chi connectivity index (χ2v) is 5.97. The van der Waals surface area contributed by atoms with Gasteiger partial charge in [0.15, 0.2) is 0 Å². The number of rotatable bonds is 3. The first-order chi connectivity index (χ1) is 13.0. The van der Waals surface area contributed by atoms with E-state index in [0.29, 0.717) is 23.7 Å². The molecule has 1 N–H and O–H groups in total. The molecule has 3 nitrogen and oxygen atoms in total. The lowest BCUT2D eigenvalue weighted by Crippen LogP contribution is -2.11. The van der Waals surface area contributed by atoms with Crippen molar-refractivity contribution >= 4 is 11.5 Å². The van der Waals surface area contributed by atoms with E-state index < -0.39 is 23.5 Å². The van der Waals surface area contributed by atoms with Crippen LogP contribution in [0.15, 0.2) is 54.6 Å². The SMILES string of the molecule is Cc1nc(Nc2cc(C(F)(F)F)cc(C(F)(F)F)c2)cc(-c2ccccc2)n1. The molecule has 3 aromatic rings. The summed E-state index contributed by atoms with van der Waals surface area (Å²) in [5.74, 6) is 0.394. The average Bonchev–Trinajstić information content (AvgIpc) is 2.60. The normalized spacial score (nSPS) is 12.1. The number of halogens is 6. The summed E-state index contributed by atoms with van der Waals surface area (Å²) < 4.78 is 78.0. The van der Waals surface area contributed by atoms with Gasteiger partial charge in [0.05, 0.1) is 16.8 Å². The second kappa shape index (κ2) is 7.14. The van der Waals surface area contributed by atoms with Crippen molar-refractivity contribution in [3.63, 3.8) is 0 Å². The zero-order valence-electron chi connectivity index (χ0n) is 14.4. The van der Waals surface area contributed by atoms with Crippen molar-refractivity contribution in [2.24, 2.45) is 0 Å². The van der Waals surface area contributed by atoms with Gasteiger partial charge < -0.3 is 5.32 Å². The van der Waals surface area contributed by atoms with Crippen LogP contribution in [0.25, 0.3) is 11.3 Å². The van der Waals surface area contributed by atoms with E-state index in [9.17, 15) is 26.3 Å². The van der Waals surface area contributed by atoms with Crippen LogP contribution in [0.4, 0.5) is 37.8 Å². The van der Waals surface area contributed by atoms with E-state index in [1.807, 2.05) is 0 Å². The molecule has 1 heterocycles. The summed E-state index contributed by atoms with van der Waals surface area (Å²) in [4.78, 5) is 8.30. The van der Waals surface area contributed by atoms with Gasteiger partial charge in [-0.15, -0.1) is 0 Å². The molecule has 0 bridgehead atoms. The molecule has 0 atom stereocenters. The third-order valence-electron chi connectivity index (χ3n) is 3.77. The lowest BCUT2D eigenvalue weighted by molar-refractivity contribution is -0.143. The molecule has 0 spiro atoms. The van der Waals surface area contributed by atoms with Gasteiger partial charge in [-0.2, -0.15) is 26.3 Å². The predicted octanol–water partition coefficient (Wildman–Crippen LogP) is 6.23. The zero-order valence-corrected chi connectivity index (χ0v) is 14.4. The number of aromatic nitrogens is 2. The van der Waals surface area contributed by atoms with Gasteiger partial charge in [-0.1, -0.05) is 30.3 Å². The van der Waals surface area contributed by atoms with E-state index in [0.717, 1.165) is 5.56 Å². The minimum absolute atomic E-state index is 0.0752. The summed E-state index contributed by atoms with van der Waals surface area (Å²) in [6, 6.07) is 11.7. The fraction of sp³-hybridized carbons (Fsp3) is 0.158. The fourth-order valence-corrected chi connectivity index (χ4v) is 2.56. The van der Waals surface area contributed by atoms with Crippen molar-refractivity contribution in [3.05, 3.63) is 71.5 Å². The molecule has 28 heavy (non-hydrogen) atoms. The molecule has 146 valence electrons. The van der Waals surface area contributed by atoms with Crippen LogP contribution < -0.4 is 5.32 Å². The molecule has 0 unspecified atom stereocenters. The molecular weight excluding hydrogens is 384 g/mol. The first-order valence-corrected chi connectivity index (χ1v) is 8.00. The van der Waals surface area contributed by atoms with Crippen molar-refractivity contribution < 1.29 is 26.3 Å². The number of aryl methyl sites for hydroxylation is 1. The maximum Gasteiger partial charge on any atom is 0.416 e. The Morgan fingerprint density at radius 1 is 0.750 bits per heavy atom. The summed E-state index contributed by atoms with van der Waals surface area (Å²) in [5, 5.41) is 2.53. The monoisotopic (exact) mass is 397 g/mol. The molecule has 0 fully saturated rings. The van der Waals surface area contributed by atoms with Crippen LogP contribution in [0.3, 0.4) is 0 Å². The van der Waals surface area contributed by atoms with Crippen LogP contribution in [0, 0.1) is 6.92 Å². The number of alkyl halides is 6. The second-order valence-electron chi connectivity index (χ2n) is 5.97. The first kappa shape index (κ1) is 19.7. The topological polar surface area (TPSA) is 37.8 Å². The molecule has 0 aliphatic rings. The molecule has 1 aromatic heterocycles. The van der Waals surface area contributed by atoms with Crippen LogP contribution in [0.5, 0.6) is 0 Å². The van der Waals surface area contributed by atoms with Crippen LogP contribution in [0.2, 0.25) is 0 Å². The number of nitrogens with one attached hydrogen (secondary N) is 1. The fourth-order valence-electron chi connectivity index (χ4n) is 2.56. The predicted molar refractivity (Wildman–Crippen MR) is 91.9 cm³/mol. The smallest absolute Gasteiger partial charge is 0.340 e. The van der Waals surface area contributed by atoms with Gasteiger partial charge in [-0.3, -0.25) is 0 Å². The highest BCUT2D eigenvalue weighted by Gasteiger charge is 2.37. The van der Waals surface area contributed by atoms with Crippen molar-refractivity contribution in [1.29, 1.82) is 0 Å². The van der Waals surface area contributed by atoms with Gasteiger partial charge >= 0.3 is 12.4 Å². The molecule has 0 saturated carbocycles. The minimum atomic E-state index is -4.92. The third kappa shape index (κ3) is 4.59. The van der Waals surface area contributed by atoms with Crippen LogP contribution in [-0.4, -0.2) is 9.97 Å². The van der Waals surface area contributed by atoms with Crippen LogP contribution >= 0.6 is 0 Å². The molecule has 0 amide bonds. The summed E-state index contributed by atoms with van der Waals surface area (Å²) in [6.45, 7) is 1.57. The number of hydrogen-bond acceptors (Lipinski definition) is 3. The van der Waals surface area contributed by atoms with E-state index in [2.05, 4.69) is 15.3 Å². The Hall–Kier alpha value is -3.10. The highest BCUT2D eigenvalue weighted by Crippen LogP contribution is 2.38. The molecule has 9 heteroatoms. The van der Waals surface area contributed by atoms with E-state index in [1.54, 1.807) is 37.3 Å². The van der Waals surface area contributed by atoms with Crippen molar-refractivity contribution in [2.75, 3.05) is 5.32 Å². The number of benzene rings is 2. The maximum absolute atomic E-state index is 13.0. The Bertz CT molecular complexity index is 949. The molecule has 2 aromatic carbocycles. The van der Waals surface area contributed by atoms with Crippen LogP contribution in [-0.2, 0) is 12.4 Å². The summed E-state index contributed by atoms with van der Waals surface area (Å²) in [7, 11) is 0. The lowest BCUT2D eigenvalue weighted by atomic mass is 10.1. The Labute approximate surface area is 156 Å². The third-order valence-corrected chi connectivity index (χ3v) is 3.77. The van der Waals surface area contributed by atoms with Crippen molar-refractivity contribution in [2.45, 2.75) is 19.3 Å². The van der Waals surface area contributed by atoms with Gasteiger partial charge in [0.1, 0.15) is 11.6 Å². The van der Waals surface area contributed by atoms with Gasteiger partial charge in [-0.25, -0.2) is 9.97 Å². The summed E-state index contributed by atoms with van der Waals surface area (Å²) in [5.41, 5.74) is -1.97. The Balaban J connectivity index is 2.03. The van der Waals surface area contributed by atoms with E-state index >= 15 is 0 Å². The number of hydrogen-bond donors (Lipinski definition) is 1. The molecular formula is C19H13F6N3. The summed E-state index contributed by atoms with van der Waals surface area (Å²) in [6.07, 6.45) is -9.84. The molecule has 0 aliphatic carbocycles. The minimum Gasteiger partial charge on any atom is -0.340 e. The quantitative estimate of drug-likeness (QED) is 0.532. The van der Waals surface area contributed by atoms with E-state index in [1.165, 1.54) is 6.07 Å². The highest BCUT2D eigenvalue weighted by molar-refractivity contribution is 5.66. The van der Waals surface area contributed by atoms with Gasteiger partial charge in [0.2, 0.25) is 0 Å². The molecule has 0 aliphatic heterocycles. The van der Waals surface area contributed by atoms with Crippen LogP contribution in [0.1, 0.15) is 17.0 Å². The average molecular weight is 397 g/mol. The Kier molecular flexibility index (Phi) is 5.01. The Morgan fingerprint density at radius 3 is 1.86 bits per heavy atom. The molecule has 0 radical (unpaired) electrons. The Morgan fingerprint density at radius 2 is 1.32 bits per heavy atom. The standard InChI is InChI=1S/C19H13F6N3/c1-11-26-16(12-5-3-2-4-6-12)10-17(27-11)28-15-8-13(18(20,21)22)7-14(9-15)19(23,24)25/h2-10H,1H3,(H,26,27,28). The molecule has 0 saturated heterocycles. The number of nitrogens with zero attached hydrogens (tertiary/aromatic N) is 2. The first-order valence-electron chi connectivity index (χ1n) is 8.00. The number of anilines is 2. The largest absolute Gasteiger partial charge is 0.416 e. The summed E-state index contributed by atoms with van der Waals surface area (Å²) >= 11 is 0. The van der Waals surface area contributed by atoms with Gasteiger partial charge in [0, 0.05) is 17.3 Å². The molecule has 3 rings (SSSR count). The zero-order chi connectivity index (χ0) is 20.5.